The van der Waals surface area contributed by atoms with Crippen LogP contribution in [0.4, 0.5) is 0 Å². The van der Waals surface area contributed by atoms with Crippen molar-refractivity contribution in [1.29, 1.82) is 0 Å². The molecule has 0 aromatic rings. The van der Waals surface area contributed by atoms with Gasteiger partial charge in [-0.1, -0.05) is 0 Å². The van der Waals surface area contributed by atoms with Crippen molar-refractivity contribution in [3.05, 3.63) is 23.3 Å². The molecule has 4 nitrogen and oxygen atoms in total. The number of allylic oxidation sites excluding steroid dienone is 1. The number of aliphatic hydroxyl groups is 1. The van der Waals surface area contributed by atoms with Gasteiger partial charge in [-0.25, -0.2) is 8.42 Å². The SMILES string of the molecule is C[N+]1(C)C=CC(S(=O)(=O)CCO)=CC1. The standard InChI is InChI=1S/C9H16NO3S/c1-10(2)5-3-9(4-6-10)14(12,13)8-7-11/h3-5,11H,6-8H2,1-2H3/q+1. The predicted octanol–water partition coefficient (Wildman–Crippen LogP) is -0.119. The van der Waals surface area contributed by atoms with E-state index >= 15 is 0 Å². The molecule has 0 atom stereocenters. The topological polar surface area (TPSA) is 54.4 Å². The summed E-state index contributed by atoms with van der Waals surface area (Å²) in [4.78, 5) is 0.323. The lowest BCUT2D eigenvalue weighted by atomic mass is 10.3. The number of hydrogen-bond donors (Lipinski definition) is 1. The van der Waals surface area contributed by atoms with Crippen molar-refractivity contribution >= 4 is 9.84 Å². The smallest absolute Gasteiger partial charge is 0.180 e. The molecule has 0 spiro atoms. The maximum atomic E-state index is 11.5. The number of hydrogen-bond acceptors (Lipinski definition) is 3. The molecule has 1 heterocycles. The van der Waals surface area contributed by atoms with Gasteiger partial charge in [-0.2, -0.15) is 0 Å². The molecular weight excluding hydrogens is 202 g/mol. The first-order chi connectivity index (χ1) is 6.37. The zero-order valence-corrected chi connectivity index (χ0v) is 9.29. The highest BCUT2D eigenvalue weighted by atomic mass is 32.2. The Bertz CT molecular complexity index is 366. The van der Waals surface area contributed by atoms with Crippen LogP contribution in [-0.2, 0) is 9.84 Å². The van der Waals surface area contributed by atoms with E-state index in [2.05, 4.69) is 0 Å². The molecular formula is C9H16NO3S+. The Labute approximate surface area is 84.7 Å². The van der Waals surface area contributed by atoms with Crippen molar-refractivity contribution in [3.8, 4) is 0 Å². The number of aliphatic hydroxyl groups excluding tert-OH is 1. The molecule has 1 rings (SSSR count). The Morgan fingerprint density at radius 3 is 2.57 bits per heavy atom. The third-order valence-corrected chi connectivity index (χ3v) is 3.87. The third kappa shape index (κ3) is 2.67. The number of sulfone groups is 1. The molecule has 80 valence electrons. The molecule has 5 heteroatoms. The van der Waals surface area contributed by atoms with Gasteiger partial charge in [-0.05, 0) is 6.08 Å². The van der Waals surface area contributed by atoms with Gasteiger partial charge < -0.3 is 5.11 Å². The van der Waals surface area contributed by atoms with Gasteiger partial charge in [0.15, 0.2) is 9.84 Å². The van der Waals surface area contributed by atoms with E-state index in [4.69, 9.17) is 5.11 Å². The minimum absolute atomic E-state index is 0.198. The van der Waals surface area contributed by atoms with E-state index in [-0.39, 0.29) is 12.4 Å². The molecule has 0 aromatic carbocycles. The first kappa shape index (κ1) is 11.4. The number of quaternary nitrogens is 1. The molecule has 0 bridgehead atoms. The van der Waals surface area contributed by atoms with E-state index < -0.39 is 9.84 Å². The summed E-state index contributed by atoms with van der Waals surface area (Å²) in [7, 11) is 0.708. The first-order valence-electron chi connectivity index (χ1n) is 4.43. The summed E-state index contributed by atoms with van der Waals surface area (Å²) in [6.07, 6.45) is 5.14. The second kappa shape index (κ2) is 3.84. The zero-order valence-electron chi connectivity index (χ0n) is 8.47. The molecule has 0 unspecified atom stereocenters. The van der Waals surface area contributed by atoms with Gasteiger partial charge in [0.25, 0.3) is 0 Å². The highest BCUT2D eigenvalue weighted by Crippen LogP contribution is 2.16. The van der Waals surface area contributed by atoms with Crippen molar-refractivity contribution in [1.82, 2.24) is 0 Å². The molecule has 0 saturated heterocycles. The summed E-state index contributed by atoms with van der Waals surface area (Å²) in [5, 5.41) is 8.60. The summed E-state index contributed by atoms with van der Waals surface area (Å²) in [6.45, 7) is 0.336. The van der Waals surface area contributed by atoms with Crippen LogP contribution in [0.3, 0.4) is 0 Å². The quantitative estimate of drug-likeness (QED) is 0.672. The lowest BCUT2D eigenvalue weighted by molar-refractivity contribution is -0.833. The summed E-state index contributed by atoms with van der Waals surface area (Å²) in [6, 6.07) is 0. The maximum Gasteiger partial charge on any atom is 0.180 e. The Balaban J connectivity index is 2.85. The molecule has 0 aliphatic carbocycles. The van der Waals surface area contributed by atoms with Crippen LogP contribution in [0.25, 0.3) is 0 Å². The number of rotatable bonds is 3. The van der Waals surface area contributed by atoms with E-state index in [9.17, 15) is 8.42 Å². The second-order valence-electron chi connectivity index (χ2n) is 3.93. The molecule has 0 saturated carbocycles. The predicted molar refractivity (Wildman–Crippen MR) is 55.1 cm³/mol. The fourth-order valence-electron chi connectivity index (χ4n) is 1.20. The van der Waals surface area contributed by atoms with Crippen LogP contribution >= 0.6 is 0 Å². The Morgan fingerprint density at radius 2 is 2.14 bits per heavy atom. The Hall–Kier alpha value is -0.650. The number of likely N-dealkylation sites (N-methyl/N-ethyl adjacent to an activating group) is 1. The van der Waals surface area contributed by atoms with E-state index in [0.717, 1.165) is 0 Å². The molecule has 14 heavy (non-hydrogen) atoms. The van der Waals surface area contributed by atoms with Crippen molar-refractivity contribution in [2.75, 3.05) is 33.0 Å². The van der Waals surface area contributed by atoms with Gasteiger partial charge in [-0.15, -0.1) is 0 Å². The Morgan fingerprint density at radius 1 is 1.50 bits per heavy atom. The van der Waals surface area contributed by atoms with Crippen LogP contribution in [-0.4, -0.2) is 51.0 Å². The van der Waals surface area contributed by atoms with E-state index in [1.54, 1.807) is 12.2 Å². The number of nitrogens with zero attached hydrogens (tertiary/aromatic N) is 1. The fourth-order valence-corrected chi connectivity index (χ4v) is 2.27. The van der Waals surface area contributed by atoms with Crippen molar-refractivity contribution in [3.63, 3.8) is 0 Å². The lowest BCUT2D eigenvalue weighted by Gasteiger charge is -2.26. The maximum absolute atomic E-state index is 11.5. The molecule has 1 aliphatic heterocycles. The van der Waals surface area contributed by atoms with Gasteiger partial charge >= 0.3 is 0 Å². The highest BCUT2D eigenvalue weighted by Gasteiger charge is 2.21. The van der Waals surface area contributed by atoms with Crippen molar-refractivity contribution < 1.29 is 18.0 Å². The van der Waals surface area contributed by atoms with Crippen LogP contribution < -0.4 is 0 Å². The van der Waals surface area contributed by atoms with E-state index in [1.807, 2.05) is 20.3 Å². The van der Waals surface area contributed by atoms with Crippen LogP contribution in [0.2, 0.25) is 0 Å². The molecule has 1 aliphatic rings. The third-order valence-electron chi connectivity index (χ3n) is 2.12. The molecule has 0 radical (unpaired) electrons. The van der Waals surface area contributed by atoms with Crippen molar-refractivity contribution in [2.24, 2.45) is 0 Å². The van der Waals surface area contributed by atoms with E-state index in [1.165, 1.54) is 0 Å². The molecule has 1 N–H and O–H groups in total. The van der Waals surface area contributed by atoms with Crippen LogP contribution in [0, 0.1) is 0 Å². The lowest BCUT2D eigenvalue weighted by Crippen LogP contribution is -2.35. The highest BCUT2D eigenvalue weighted by molar-refractivity contribution is 7.95. The minimum atomic E-state index is -3.27. The monoisotopic (exact) mass is 218 g/mol. The summed E-state index contributed by atoms with van der Waals surface area (Å²) in [5.41, 5.74) is 0. The van der Waals surface area contributed by atoms with Gasteiger partial charge in [0, 0.05) is 6.08 Å². The van der Waals surface area contributed by atoms with Gasteiger partial charge in [0.1, 0.15) is 6.54 Å². The first-order valence-corrected chi connectivity index (χ1v) is 6.08. The summed E-state index contributed by atoms with van der Waals surface area (Å²) >= 11 is 0. The minimum Gasteiger partial charge on any atom is -0.395 e. The molecule has 0 fully saturated rings. The van der Waals surface area contributed by atoms with Gasteiger partial charge in [-0.3, -0.25) is 4.48 Å². The molecule has 0 aromatic heterocycles. The van der Waals surface area contributed by atoms with Crippen LogP contribution in [0.5, 0.6) is 0 Å². The van der Waals surface area contributed by atoms with Gasteiger partial charge in [0.05, 0.1) is 37.6 Å². The molecule has 0 amide bonds. The Kier molecular flexibility index (Phi) is 3.14. The average molecular weight is 218 g/mol. The van der Waals surface area contributed by atoms with Crippen molar-refractivity contribution in [2.45, 2.75) is 0 Å². The average Bonchev–Trinajstić information content (AvgIpc) is 2.03. The largest absolute Gasteiger partial charge is 0.395 e. The zero-order chi connectivity index (χ0) is 10.8. The van der Waals surface area contributed by atoms with Crippen LogP contribution in [0.15, 0.2) is 23.3 Å². The second-order valence-corrected chi connectivity index (χ2v) is 6.04. The fraction of sp³-hybridized carbons (Fsp3) is 0.556. The van der Waals surface area contributed by atoms with Crippen LogP contribution in [0.1, 0.15) is 0 Å². The van der Waals surface area contributed by atoms with E-state index in [0.29, 0.717) is 15.9 Å². The normalized spacial score (nSPS) is 20.6. The summed E-state index contributed by atoms with van der Waals surface area (Å²) < 4.78 is 23.7. The van der Waals surface area contributed by atoms with Gasteiger partial charge in [0.2, 0.25) is 0 Å². The summed E-state index contributed by atoms with van der Waals surface area (Å²) in [5.74, 6) is -0.198.